The number of carbonyl (C=O) groups excluding carboxylic acids is 1. The van der Waals surface area contributed by atoms with E-state index >= 15 is 0 Å². The van der Waals surface area contributed by atoms with Crippen molar-refractivity contribution in [1.29, 1.82) is 0 Å². The molecule has 0 aromatic heterocycles. The van der Waals surface area contributed by atoms with Gasteiger partial charge >= 0.3 is 0 Å². The molecular weight excluding hydrogens is 212 g/mol. The van der Waals surface area contributed by atoms with E-state index in [1.807, 2.05) is 25.1 Å². The summed E-state index contributed by atoms with van der Waals surface area (Å²) in [7, 11) is 0. The topological polar surface area (TPSA) is 26.3 Å². The van der Waals surface area contributed by atoms with Gasteiger partial charge in [0.25, 0.3) is 0 Å². The smallest absolute Gasteiger partial charge is 0.147 e. The first kappa shape index (κ1) is 10.2. The van der Waals surface area contributed by atoms with Crippen molar-refractivity contribution >= 4 is 22.9 Å². The highest BCUT2D eigenvalue weighted by Crippen LogP contribution is 2.34. The first-order chi connectivity index (χ1) is 7.22. The highest BCUT2D eigenvalue weighted by molar-refractivity contribution is 6.50. The van der Waals surface area contributed by atoms with Crippen LogP contribution in [0.3, 0.4) is 0 Å². The van der Waals surface area contributed by atoms with E-state index in [1.54, 1.807) is 0 Å². The molecule has 0 fully saturated rings. The van der Waals surface area contributed by atoms with Crippen LogP contribution in [0.2, 0.25) is 0 Å². The minimum Gasteiger partial charge on any atom is -0.493 e. The molecule has 0 atom stereocenters. The Morgan fingerprint density at radius 2 is 2.27 bits per heavy atom. The van der Waals surface area contributed by atoms with E-state index in [-0.39, 0.29) is 0 Å². The predicted octanol–water partition coefficient (Wildman–Crippen LogP) is 2.93. The van der Waals surface area contributed by atoms with Gasteiger partial charge in [-0.1, -0.05) is 17.7 Å². The lowest BCUT2D eigenvalue weighted by Crippen LogP contribution is -1.97. The molecule has 0 spiro atoms. The molecule has 2 rings (SSSR count). The maximum atomic E-state index is 10.8. The molecule has 0 radical (unpaired) electrons. The number of fused-ring (bicyclic) bond motifs is 1. The van der Waals surface area contributed by atoms with E-state index in [2.05, 4.69) is 0 Å². The largest absolute Gasteiger partial charge is 0.493 e. The van der Waals surface area contributed by atoms with Crippen molar-refractivity contribution in [2.45, 2.75) is 13.3 Å². The molecule has 0 aliphatic carbocycles. The summed E-state index contributed by atoms with van der Waals surface area (Å²) in [5.74, 6) is 0.761. The van der Waals surface area contributed by atoms with Gasteiger partial charge in [-0.05, 0) is 24.6 Å². The molecule has 1 aromatic carbocycles. The van der Waals surface area contributed by atoms with Crippen LogP contribution in [0, 0.1) is 6.92 Å². The molecule has 0 bridgehead atoms. The summed E-state index contributed by atoms with van der Waals surface area (Å²) < 4.78 is 5.55. The highest BCUT2D eigenvalue weighted by Gasteiger charge is 2.16. The number of ether oxygens (including phenoxy) is 1. The van der Waals surface area contributed by atoms with Gasteiger partial charge in [0.1, 0.15) is 12.0 Å². The number of carbonyl (C=O) groups is 1. The molecule has 1 aromatic rings. The second kappa shape index (κ2) is 4.07. The third-order valence-corrected chi connectivity index (χ3v) is 2.87. The minimum atomic E-state index is 0.501. The maximum absolute atomic E-state index is 10.8. The fraction of sp³-hybridized carbons (Fsp3) is 0.250. The van der Waals surface area contributed by atoms with Gasteiger partial charge in [-0.2, -0.15) is 0 Å². The zero-order valence-electron chi connectivity index (χ0n) is 8.42. The first-order valence-corrected chi connectivity index (χ1v) is 5.18. The second-order valence-corrected chi connectivity index (χ2v) is 3.93. The van der Waals surface area contributed by atoms with Crippen LogP contribution in [-0.2, 0) is 4.79 Å². The lowest BCUT2D eigenvalue weighted by atomic mass is 10.1. The molecule has 3 heteroatoms. The van der Waals surface area contributed by atoms with Crippen molar-refractivity contribution in [1.82, 2.24) is 0 Å². The third kappa shape index (κ3) is 1.90. The van der Waals surface area contributed by atoms with Gasteiger partial charge in [0.2, 0.25) is 0 Å². The number of halogens is 1. The van der Waals surface area contributed by atoms with Crippen LogP contribution in [0.1, 0.15) is 17.5 Å². The molecule has 0 saturated carbocycles. The Balaban J connectivity index is 2.58. The number of aryl methyl sites for hydroxylation is 1. The molecule has 0 N–H and O–H groups in total. The SMILES string of the molecule is Cc1ccc2c(c1)OCCC(C=O)=C2Cl. The van der Waals surface area contributed by atoms with E-state index < -0.39 is 0 Å². The Morgan fingerprint density at radius 1 is 1.47 bits per heavy atom. The van der Waals surface area contributed by atoms with Crippen molar-refractivity contribution in [2.75, 3.05) is 6.61 Å². The Hall–Kier alpha value is -1.28. The number of hydrogen-bond donors (Lipinski definition) is 0. The Kier molecular flexibility index (Phi) is 2.78. The molecule has 0 saturated heterocycles. The Bertz CT molecular complexity index is 435. The average molecular weight is 223 g/mol. The standard InChI is InChI=1S/C12H11ClO2/c1-8-2-3-10-11(6-8)15-5-4-9(7-14)12(10)13/h2-3,6-7H,4-5H2,1H3. The van der Waals surface area contributed by atoms with Gasteiger partial charge in [0.05, 0.1) is 11.6 Å². The van der Waals surface area contributed by atoms with Crippen molar-refractivity contribution in [3.63, 3.8) is 0 Å². The van der Waals surface area contributed by atoms with E-state index in [9.17, 15) is 4.79 Å². The van der Waals surface area contributed by atoms with E-state index in [1.165, 1.54) is 0 Å². The van der Waals surface area contributed by atoms with Crippen molar-refractivity contribution in [3.05, 3.63) is 34.9 Å². The molecular formula is C12H11ClO2. The molecule has 0 amide bonds. The molecule has 15 heavy (non-hydrogen) atoms. The number of hydrogen-bond acceptors (Lipinski definition) is 2. The van der Waals surface area contributed by atoms with Gasteiger partial charge in [-0.3, -0.25) is 4.79 Å². The van der Waals surface area contributed by atoms with Crippen LogP contribution < -0.4 is 4.74 Å². The van der Waals surface area contributed by atoms with E-state index in [4.69, 9.17) is 16.3 Å². The zero-order chi connectivity index (χ0) is 10.8. The number of benzene rings is 1. The zero-order valence-corrected chi connectivity index (χ0v) is 9.17. The monoisotopic (exact) mass is 222 g/mol. The maximum Gasteiger partial charge on any atom is 0.147 e. The predicted molar refractivity (Wildman–Crippen MR) is 60.1 cm³/mol. The summed E-state index contributed by atoms with van der Waals surface area (Å²) in [6.07, 6.45) is 1.37. The molecule has 1 aliphatic heterocycles. The average Bonchev–Trinajstić information content (AvgIpc) is 2.37. The van der Waals surface area contributed by atoms with Crippen LogP contribution in [0.15, 0.2) is 23.8 Å². The minimum absolute atomic E-state index is 0.501. The first-order valence-electron chi connectivity index (χ1n) is 4.80. The fourth-order valence-corrected chi connectivity index (χ4v) is 1.89. The number of rotatable bonds is 1. The summed E-state index contributed by atoms with van der Waals surface area (Å²) in [4.78, 5) is 10.8. The summed E-state index contributed by atoms with van der Waals surface area (Å²) >= 11 is 6.14. The van der Waals surface area contributed by atoms with Crippen LogP contribution in [-0.4, -0.2) is 12.9 Å². The van der Waals surface area contributed by atoms with Crippen molar-refractivity contribution in [2.24, 2.45) is 0 Å². The van der Waals surface area contributed by atoms with Gasteiger partial charge < -0.3 is 4.74 Å². The summed E-state index contributed by atoms with van der Waals surface area (Å²) in [5, 5.41) is 0.512. The van der Waals surface area contributed by atoms with E-state index in [0.29, 0.717) is 23.6 Å². The highest BCUT2D eigenvalue weighted by atomic mass is 35.5. The Labute approximate surface area is 93.5 Å². The van der Waals surface area contributed by atoms with Gasteiger partial charge in [0, 0.05) is 17.6 Å². The lowest BCUT2D eigenvalue weighted by molar-refractivity contribution is -0.105. The van der Waals surface area contributed by atoms with Crippen LogP contribution in [0.4, 0.5) is 0 Å². The van der Waals surface area contributed by atoms with Gasteiger partial charge in [0.15, 0.2) is 0 Å². The quantitative estimate of drug-likeness (QED) is 0.683. The Morgan fingerprint density at radius 3 is 3.00 bits per heavy atom. The summed E-state index contributed by atoms with van der Waals surface area (Å²) in [6.45, 7) is 2.49. The molecule has 0 unspecified atom stereocenters. The molecule has 78 valence electrons. The second-order valence-electron chi connectivity index (χ2n) is 3.56. The molecule has 1 aliphatic rings. The van der Waals surface area contributed by atoms with Crippen LogP contribution in [0.5, 0.6) is 5.75 Å². The normalized spacial score (nSPS) is 15.3. The van der Waals surface area contributed by atoms with Crippen molar-refractivity contribution in [3.8, 4) is 5.75 Å². The molecule has 2 nitrogen and oxygen atoms in total. The lowest BCUT2D eigenvalue weighted by Gasteiger charge is -2.07. The van der Waals surface area contributed by atoms with Crippen LogP contribution >= 0.6 is 11.6 Å². The van der Waals surface area contributed by atoms with Crippen LogP contribution in [0.25, 0.3) is 5.03 Å². The summed E-state index contributed by atoms with van der Waals surface area (Å²) in [6, 6.07) is 5.78. The summed E-state index contributed by atoms with van der Waals surface area (Å²) in [5.41, 5.74) is 2.54. The van der Waals surface area contributed by atoms with Gasteiger partial charge in [-0.25, -0.2) is 0 Å². The third-order valence-electron chi connectivity index (χ3n) is 2.43. The van der Waals surface area contributed by atoms with Crippen molar-refractivity contribution < 1.29 is 9.53 Å². The molecule has 1 heterocycles. The van der Waals surface area contributed by atoms with Gasteiger partial charge in [-0.15, -0.1) is 0 Å². The number of aldehydes is 1. The fourth-order valence-electron chi connectivity index (χ4n) is 1.59. The van der Waals surface area contributed by atoms with E-state index in [0.717, 1.165) is 23.2 Å².